The van der Waals surface area contributed by atoms with Gasteiger partial charge in [-0.3, -0.25) is 14.4 Å². The number of aromatic nitrogens is 2. The van der Waals surface area contributed by atoms with Crippen molar-refractivity contribution in [2.24, 2.45) is 12.8 Å². The Kier molecular flexibility index (Phi) is 7.55. The van der Waals surface area contributed by atoms with Gasteiger partial charge in [0.2, 0.25) is 10.0 Å². The lowest BCUT2D eigenvalue weighted by atomic mass is 9.92. The highest BCUT2D eigenvalue weighted by atomic mass is 35.5. The molecular weight excluding hydrogens is 513 g/mol. The Bertz CT molecular complexity index is 1260. The minimum absolute atomic E-state index is 0.0609. The molecule has 2 aromatic rings. The molecule has 1 aromatic heterocycles. The third-order valence-electron chi connectivity index (χ3n) is 6.49. The Balaban J connectivity index is 1.65. The number of sulfonamides is 1. The molecule has 1 atom stereocenters. The van der Waals surface area contributed by atoms with E-state index in [1.807, 2.05) is 0 Å². The van der Waals surface area contributed by atoms with Crippen LogP contribution in [-0.4, -0.2) is 70.7 Å². The van der Waals surface area contributed by atoms with Gasteiger partial charge in [0.05, 0.1) is 5.69 Å². The predicted octanol–water partition coefficient (Wildman–Crippen LogP) is 1.77. The van der Waals surface area contributed by atoms with Gasteiger partial charge in [0, 0.05) is 37.9 Å². The van der Waals surface area contributed by atoms with Crippen LogP contribution in [0.4, 0.5) is 14.9 Å². The maximum absolute atomic E-state index is 13.7. The number of halogens is 2. The molecule has 4 N–H and O–H groups in total. The molecule has 4 rings (SSSR count). The molecule has 0 bridgehead atoms. The van der Waals surface area contributed by atoms with E-state index in [4.69, 9.17) is 17.3 Å². The summed E-state index contributed by atoms with van der Waals surface area (Å²) in [4.78, 5) is 27.5. The number of urea groups is 1. The van der Waals surface area contributed by atoms with Gasteiger partial charge in [0.15, 0.2) is 6.17 Å². The van der Waals surface area contributed by atoms with Crippen LogP contribution in [0.3, 0.4) is 0 Å². The molecule has 1 saturated heterocycles. The van der Waals surface area contributed by atoms with E-state index in [1.165, 1.54) is 36.9 Å². The summed E-state index contributed by atoms with van der Waals surface area (Å²) >= 11 is 6.25. The van der Waals surface area contributed by atoms with Crippen molar-refractivity contribution >= 4 is 39.2 Å². The smallest absolute Gasteiger partial charge is 0.323 e. The van der Waals surface area contributed by atoms with Gasteiger partial charge in [0.1, 0.15) is 15.9 Å². The fourth-order valence-electron chi connectivity index (χ4n) is 4.66. The molecule has 1 aromatic carbocycles. The topological polar surface area (TPSA) is 143 Å². The first-order chi connectivity index (χ1) is 17.0. The Morgan fingerprint density at radius 2 is 1.89 bits per heavy atom. The molecule has 14 heteroatoms. The Morgan fingerprint density at radius 1 is 1.19 bits per heavy atom. The van der Waals surface area contributed by atoms with E-state index in [0.29, 0.717) is 12.8 Å². The number of hydrogen-bond donors (Lipinski definition) is 3. The lowest BCUT2D eigenvalue weighted by molar-refractivity contribution is -0.128. The summed E-state index contributed by atoms with van der Waals surface area (Å²) in [7, 11) is -2.80. The number of nitrogens with two attached hydrogens (primary N) is 1. The van der Waals surface area contributed by atoms with Crippen LogP contribution in [0.25, 0.3) is 0 Å². The Labute approximate surface area is 213 Å². The third kappa shape index (κ3) is 5.19. The highest BCUT2D eigenvalue weighted by molar-refractivity contribution is 7.89. The van der Waals surface area contributed by atoms with Gasteiger partial charge < -0.3 is 16.4 Å². The van der Waals surface area contributed by atoms with Crippen LogP contribution in [0, 0.1) is 12.7 Å². The summed E-state index contributed by atoms with van der Waals surface area (Å²) in [5.41, 5.74) is 6.31. The maximum atomic E-state index is 13.7. The summed E-state index contributed by atoms with van der Waals surface area (Å²) in [6.45, 7) is 1.30. The van der Waals surface area contributed by atoms with E-state index in [9.17, 15) is 22.4 Å². The zero-order valence-corrected chi connectivity index (χ0v) is 21.5. The maximum Gasteiger partial charge on any atom is 0.323 e. The summed E-state index contributed by atoms with van der Waals surface area (Å²) in [6.07, 6.45) is 1.28. The lowest BCUT2D eigenvalue weighted by Gasteiger charge is -2.32. The average Bonchev–Trinajstić information content (AvgIpc) is 3.37. The minimum Gasteiger partial charge on any atom is -0.350 e. The van der Waals surface area contributed by atoms with Gasteiger partial charge in [-0.25, -0.2) is 17.6 Å². The van der Waals surface area contributed by atoms with Crippen LogP contribution >= 0.6 is 11.6 Å². The first-order valence-electron chi connectivity index (χ1n) is 11.6. The number of benzene rings is 1. The van der Waals surface area contributed by atoms with Crippen molar-refractivity contribution in [1.29, 1.82) is 0 Å². The molecule has 36 heavy (non-hydrogen) atoms. The van der Waals surface area contributed by atoms with Gasteiger partial charge in [-0.15, -0.1) is 0 Å². The van der Waals surface area contributed by atoms with Crippen molar-refractivity contribution in [3.63, 3.8) is 0 Å². The van der Waals surface area contributed by atoms with Crippen molar-refractivity contribution in [2.75, 3.05) is 18.4 Å². The standard InChI is InChI=1S/C22H29ClFN7O4S/c1-13-18(19(23)29(2)28-13)36(34,35)31-11-10-30(22(33)27-17-5-3-4-14(24)12-17)21(31)20(32)26-16-8-6-15(25)7-9-16/h3-5,12,15-16,21H,6-11,25H2,1-2H3,(H,26,32)(H,27,33). The first kappa shape index (κ1) is 26.3. The van der Waals surface area contributed by atoms with E-state index >= 15 is 0 Å². The van der Waals surface area contributed by atoms with Crippen molar-refractivity contribution in [2.45, 2.75) is 55.8 Å². The number of nitrogens with one attached hydrogen (secondary N) is 2. The van der Waals surface area contributed by atoms with Crippen molar-refractivity contribution in [1.82, 2.24) is 24.3 Å². The number of amides is 3. The monoisotopic (exact) mass is 541 g/mol. The van der Waals surface area contributed by atoms with Gasteiger partial charge in [-0.1, -0.05) is 17.7 Å². The summed E-state index contributed by atoms with van der Waals surface area (Å²) < 4.78 is 43.2. The zero-order chi connectivity index (χ0) is 26.2. The van der Waals surface area contributed by atoms with Crippen LogP contribution in [0.15, 0.2) is 29.2 Å². The molecule has 1 unspecified atom stereocenters. The van der Waals surface area contributed by atoms with Gasteiger partial charge >= 0.3 is 6.03 Å². The summed E-state index contributed by atoms with van der Waals surface area (Å²) in [5, 5.41) is 9.41. The quantitative estimate of drug-likeness (QED) is 0.526. The van der Waals surface area contributed by atoms with Gasteiger partial charge in [-0.2, -0.15) is 9.40 Å². The predicted molar refractivity (Wildman–Crippen MR) is 131 cm³/mol. The van der Waals surface area contributed by atoms with Crippen LogP contribution < -0.4 is 16.4 Å². The van der Waals surface area contributed by atoms with Gasteiger partial charge in [-0.05, 0) is 50.8 Å². The van der Waals surface area contributed by atoms with Crippen molar-refractivity contribution in [3.8, 4) is 0 Å². The van der Waals surface area contributed by atoms with E-state index in [1.54, 1.807) is 0 Å². The highest BCUT2D eigenvalue weighted by Crippen LogP contribution is 2.32. The lowest BCUT2D eigenvalue weighted by Crippen LogP contribution is -2.56. The largest absolute Gasteiger partial charge is 0.350 e. The van der Waals surface area contributed by atoms with E-state index < -0.39 is 33.9 Å². The summed E-state index contributed by atoms with van der Waals surface area (Å²) in [6, 6.07) is 4.40. The minimum atomic E-state index is -4.31. The molecule has 0 spiro atoms. The second kappa shape index (κ2) is 10.3. The second-order valence-corrected chi connectivity index (χ2v) is 11.3. The Morgan fingerprint density at radius 3 is 2.50 bits per heavy atom. The fourth-order valence-corrected chi connectivity index (χ4v) is 6.92. The molecule has 1 saturated carbocycles. The number of aryl methyl sites for hydroxylation is 2. The molecular formula is C22H29ClFN7O4S. The number of carbonyl (C=O) groups excluding carboxylic acids is 2. The molecule has 2 fully saturated rings. The average molecular weight is 542 g/mol. The molecule has 2 heterocycles. The number of hydrogen-bond acceptors (Lipinski definition) is 6. The molecule has 1 aliphatic carbocycles. The normalized spacial score (nSPS) is 23.0. The zero-order valence-electron chi connectivity index (χ0n) is 19.9. The SMILES string of the molecule is Cc1nn(C)c(Cl)c1S(=O)(=O)N1CCN(C(=O)Nc2cccc(F)c2)C1C(=O)NC1CCC(N)CC1. The molecule has 3 amide bonds. The molecule has 2 aliphatic rings. The third-order valence-corrected chi connectivity index (χ3v) is 9.04. The first-order valence-corrected chi connectivity index (χ1v) is 13.4. The Hall–Kier alpha value is -2.74. The van der Waals surface area contributed by atoms with E-state index in [-0.39, 0.29) is 46.6 Å². The highest BCUT2D eigenvalue weighted by Gasteiger charge is 2.48. The van der Waals surface area contributed by atoms with E-state index in [2.05, 4.69) is 15.7 Å². The second-order valence-electron chi connectivity index (χ2n) is 9.07. The molecule has 11 nitrogen and oxygen atoms in total. The van der Waals surface area contributed by atoms with E-state index in [0.717, 1.165) is 28.1 Å². The number of carbonyl (C=O) groups is 2. The molecule has 0 radical (unpaired) electrons. The van der Waals surface area contributed by atoms with Crippen LogP contribution in [-0.2, 0) is 21.9 Å². The van der Waals surface area contributed by atoms with Gasteiger partial charge in [0.25, 0.3) is 5.91 Å². The van der Waals surface area contributed by atoms with Crippen LogP contribution in [0.2, 0.25) is 5.15 Å². The van der Waals surface area contributed by atoms with Crippen molar-refractivity contribution < 1.29 is 22.4 Å². The van der Waals surface area contributed by atoms with Crippen LogP contribution in [0.5, 0.6) is 0 Å². The fraction of sp³-hybridized carbons (Fsp3) is 0.500. The number of nitrogens with zero attached hydrogens (tertiary/aromatic N) is 4. The van der Waals surface area contributed by atoms with Crippen molar-refractivity contribution in [3.05, 3.63) is 40.9 Å². The number of rotatable bonds is 5. The van der Waals surface area contributed by atoms with Crippen LogP contribution in [0.1, 0.15) is 31.4 Å². The molecule has 1 aliphatic heterocycles. The number of anilines is 1. The molecule has 196 valence electrons. The summed E-state index contributed by atoms with van der Waals surface area (Å²) in [5.74, 6) is -1.19.